The molecule has 1 aromatic carbocycles. The van der Waals surface area contributed by atoms with Crippen LogP contribution < -0.4 is 24.8 Å². The molecule has 0 radical (unpaired) electrons. The molecule has 0 unspecified atom stereocenters. The molecule has 0 aromatic heterocycles. The second-order valence-electron chi connectivity index (χ2n) is 4.81. The maximum Gasteiger partial charge on any atom is 0.203 e. The zero-order valence-corrected chi connectivity index (χ0v) is 18.0. The summed E-state index contributed by atoms with van der Waals surface area (Å²) >= 11 is 0. The summed E-state index contributed by atoms with van der Waals surface area (Å²) in [4.78, 5) is 4.58. The maximum atomic E-state index is 5.48. The summed E-state index contributed by atoms with van der Waals surface area (Å²) < 4.78 is 21.5. The Kier molecular flexibility index (Phi) is 13.0. The molecule has 1 rings (SSSR count). The fourth-order valence-electron chi connectivity index (χ4n) is 2.18. The minimum absolute atomic E-state index is 0. The molecular weight excluding hydrogens is 437 g/mol. The van der Waals surface area contributed by atoms with Gasteiger partial charge in [-0.1, -0.05) is 0 Å². The molecule has 25 heavy (non-hydrogen) atoms. The number of nitrogens with one attached hydrogen (secondary N) is 2. The summed E-state index contributed by atoms with van der Waals surface area (Å²) in [5, 5.41) is 6.44. The third kappa shape index (κ3) is 7.55. The summed E-state index contributed by atoms with van der Waals surface area (Å²) in [5.74, 6) is 2.56. The number of benzene rings is 1. The minimum Gasteiger partial charge on any atom is -0.493 e. The van der Waals surface area contributed by atoms with E-state index in [0.29, 0.717) is 43.6 Å². The molecule has 0 aliphatic rings. The molecule has 0 fully saturated rings. The lowest BCUT2D eigenvalue weighted by Gasteiger charge is -2.15. The molecule has 0 aliphatic carbocycles. The molecule has 0 amide bonds. The van der Waals surface area contributed by atoms with Gasteiger partial charge in [0, 0.05) is 25.3 Å². The second-order valence-corrected chi connectivity index (χ2v) is 4.81. The molecule has 0 saturated heterocycles. The number of hydrogen-bond donors (Lipinski definition) is 2. The lowest BCUT2D eigenvalue weighted by molar-refractivity contribution is 0.152. The van der Waals surface area contributed by atoms with Crippen molar-refractivity contribution in [2.45, 2.75) is 20.4 Å². The van der Waals surface area contributed by atoms with Gasteiger partial charge >= 0.3 is 0 Å². The first-order valence-electron chi connectivity index (χ1n) is 8.09. The number of methoxy groups -OCH3 is 3. The highest BCUT2D eigenvalue weighted by Crippen LogP contribution is 2.39. The number of ether oxygens (including phenoxy) is 4. The highest BCUT2D eigenvalue weighted by molar-refractivity contribution is 14.0. The zero-order valence-electron chi connectivity index (χ0n) is 15.7. The lowest BCUT2D eigenvalue weighted by Crippen LogP contribution is -2.39. The van der Waals surface area contributed by atoms with E-state index in [0.717, 1.165) is 18.1 Å². The monoisotopic (exact) mass is 467 g/mol. The van der Waals surface area contributed by atoms with Crippen LogP contribution in [0.1, 0.15) is 19.4 Å². The molecule has 0 spiro atoms. The van der Waals surface area contributed by atoms with E-state index >= 15 is 0 Å². The molecule has 0 heterocycles. The summed E-state index contributed by atoms with van der Waals surface area (Å²) in [7, 11) is 4.80. The van der Waals surface area contributed by atoms with E-state index in [1.807, 2.05) is 26.0 Å². The Hall–Kier alpha value is -1.42. The molecule has 0 aliphatic heterocycles. The van der Waals surface area contributed by atoms with Crippen molar-refractivity contribution in [2.24, 2.45) is 4.99 Å². The third-order valence-corrected chi connectivity index (χ3v) is 3.28. The van der Waals surface area contributed by atoms with E-state index in [2.05, 4.69) is 15.6 Å². The standard InChI is InChI=1S/C17H29N3O4.HI/c1-6-18-17(19-10-11-24-7-2)20-12-13-8-9-14(21-3)16(23-5)15(13)22-4;/h8-9H,6-7,10-12H2,1-5H3,(H2,18,19,20);1H. The highest BCUT2D eigenvalue weighted by atomic mass is 127. The molecule has 7 nitrogen and oxygen atoms in total. The van der Waals surface area contributed by atoms with Crippen molar-refractivity contribution in [1.82, 2.24) is 10.6 Å². The number of guanidine groups is 1. The van der Waals surface area contributed by atoms with Gasteiger partial charge in [0.05, 0.1) is 34.5 Å². The number of hydrogen-bond acceptors (Lipinski definition) is 5. The average molecular weight is 467 g/mol. The SMILES string of the molecule is CCNC(=NCc1ccc(OC)c(OC)c1OC)NCCOCC.I. The van der Waals surface area contributed by atoms with Gasteiger partial charge in [0.1, 0.15) is 0 Å². The van der Waals surface area contributed by atoms with E-state index < -0.39 is 0 Å². The predicted molar refractivity (Wildman–Crippen MR) is 111 cm³/mol. The quantitative estimate of drug-likeness (QED) is 0.238. The Morgan fingerprint density at radius 3 is 2.28 bits per heavy atom. The van der Waals surface area contributed by atoms with Crippen molar-refractivity contribution < 1.29 is 18.9 Å². The smallest absolute Gasteiger partial charge is 0.203 e. The Morgan fingerprint density at radius 1 is 1.00 bits per heavy atom. The van der Waals surface area contributed by atoms with Crippen LogP contribution in [0.5, 0.6) is 17.2 Å². The Balaban J connectivity index is 0.00000576. The number of rotatable bonds is 10. The molecule has 1 aromatic rings. The number of aliphatic imine (C=N–C) groups is 1. The van der Waals surface area contributed by atoms with Crippen molar-refractivity contribution in [3.8, 4) is 17.2 Å². The van der Waals surface area contributed by atoms with Gasteiger partial charge in [-0.3, -0.25) is 0 Å². The normalized spacial score (nSPS) is 10.7. The van der Waals surface area contributed by atoms with Gasteiger partial charge in [-0.2, -0.15) is 0 Å². The van der Waals surface area contributed by atoms with Crippen LogP contribution in [0.2, 0.25) is 0 Å². The van der Waals surface area contributed by atoms with Crippen molar-refractivity contribution in [3.05, 3.63) is 17.7 Å². The molecule has 8 heteroatoms. The van der Waals surface area contributed by atoms with Crippen molar-refractivity contribution in [3.63, 3.8) is 0 Å². The first-order chi connectivity index (χ1) is 11.7. The topological polar surface area (TPSA) is 73.3 Å². The minimum atomic E-state index is 0. The van der Waals surface area contributed by atoms with Crippen molar-refractivity contribution in [2.75, 3.05) is 47.6 Å². The van der Waals surface area contributed by atoms with Gasteiger partial charge in [-0.05, 0) is 26.0 Å². The van der Waals surface area contributed by atoms with E-state index in [9.17, 15) is 0 Å². The van der Waals surface area contributed by atoms with Crippen LogP contribution in [0.3, 0.4) is 0 Å². The van der Waals surface area contributed by atoms with Crippen LogP contribution >= 0.6 is 24.0 Å². The largest absolute Gasteiger partial charge is 0.493 e. The second kappa shape index (κ2) is 13.8. The van der Waals surface area contributed by atoms with E-state index in [4.69, 9.17) is 18.9 Å². The van der Waals surface area contributed by atoms with Gasteiger partial charge in [0.25, 0.3) is 0 Å². The van der Waals surface area contributed by atoms with Gasteiger partial charge in [0.15, 0.2) is 17.5 Å². The van der Waals surface area contributed by atoms with Crippen LogP contribution in [-0.4, -0.2) is 53.6 Å². The summed E-state index contributed by atoms with van der Waals surface area (Å²) in [6.45, 7) is 7.28. The number of halogens is 1. The van der Waals surface area contributed by atoms with Crippen molar-refractivity contribution >= 4 is 29.9 Å². The van der Waals surface area contributed by atoms with Gasteiger partial charge in [-0.15, -0.1) is 24.0 Å². The lowest BCUT2D eigenvalue weighted by atomic mass is 10.1. The summed E-state index contributed by atoms with van der Waals surface area (Å²) in [6.07, 6.45) is 0. The molecule has 0 bridgehead atoms. The Bertz CT molecular complexity index is 527. The fraction of sp³-hybridized carbons (Fsp3) is 0.588. The van der Waals surface area contributed by atoms with E-state index in [1.54, 1.807) is 21.3 Å². The predicted octanol–water partition coefficient (Wildman–Crippen LogP) is 2.42. The molecule has 0 saturated carbocycles. The van der Waals surface area contributed by atoms with Gasteiger partial charge in [-0.25, -0.2) is 4.99 Å². The zero-order chi connectivity index (χ0) is 17.8. The average Bonchev–Trinajstić information content (AvgIpc) is 2.61. The van der Waals surface area contributed by atoms with Crippen LogP contribution in [0.4, 0.5) is 0 Å². The fourth-order valence-corrected chi connectivity index (χ4v) is 2.18. The molecular formula is C17H30IN3O4. The number of nitrogens with zero attached hydrogens (tertiary/aromatic N) is 1. The molecule has 0 atom stereocenters. The van der Waals surface area contributed by atoms with Gasteiger partial charge < -0.3 is 29.6 Å². The Labute approximate surface area is 167 Å². The van der Waals surface area contributed by atoms with Crippen LogP contribution in [-0.2, 0) is 11.3 Å². The Morgan fingerprint density at radius 2 is 1.72 bits per heavy atom. The van der Waals surface area contributed by atoms with E-state index in [1.165, 1.54) is 0 Å². The molecule has 144 valence electrons. The van der Waals surface area contributed by atoms with E-state index in [-0.39, 0.29) is 24.0 Å². The van der Waals surface area contributed by atoms with Crippen LogP contribution in [0, 0.1) is 0 Å². The third-order valence-electron chi connectivity index (χ3n) is 3.28. The first kappa shape index (κ1) is 23.6. The molecule has 2 N–H and O–H groups in total. The van der Waals surface area contributed by atoms with Crippen molar-refractivity contribution in [1.29, 1.82) is 0 Å². The summed E-state index contributed by atoms with van der Waals surface area (Å²) in [6, 6.07) is 3.77. The van der Waals surface area contributed by atoms with Crippen LogP contribution in [0.25, 0.3) is 0 Å². The van der Waals surface area contributed by atoms with Gasteiger partial charge in [0.2, 0.25) is 5.75 Å². The maximum absolute atomic E-state index is 5.48. The first-order valence-corrected chi connectivity index (χ1v) is 8.09. The highest BCUT2D eigenvalue weighted by Gasteiger charge is 2.15. The summed E-state index contributed by atoms with van der Waals surface area (Å²) in [5.41, 5.74) is 0.914. The van der Waals surface area contributed by atoms with Crippen LogP contribution in [0.15, 0.2) is 17.1 Å².